The summed E-state index contributed by atoms with van der Waals surface area (Å²) < 4.78 is 5.67. The van der Waals surface area contributed by atoms with Crippen LogP contribution in [0.2, 0.25) is 0 Å². The fourth-order valence-corrected chi connectivity index (χ4v) is 3.43. The number of carbonyl (C=O) groups is 1. The number of aliphatic hydroxyl groups is 1. The fraction of sp³-hybridized carbons (Fsp3) is 0.500. The molecule has 4 heteroatoms. The summed E-state index contributed by atoms with van der Waals surface area (Å²) in [6.45, 7) is 2.91. The number of rotatable bonds is 4. The second kappa shape index (κ2) is 6.12. The molecule has 22 heavy (non-hydrogen) atoms. The lowest BCUT2D eigenvalue weighted by atomic mass is 9.85. The summed E-state index contributed by atoms with van der Waals surface area (Å²) in [4.78, 5) is 14.9. The number of fused-ring (bicyclic) bond motifs is 3. The maximum Gasteiger partial charge on any atom is 0.344 e. The molecular formula is C18H21NO3. The molecule has 1 aromatic carbocycles. The Kier molecular flexibility index (Phi) is 4.19. The number of piperidine rings is 3. The quantitative estimate of drug-likeness (QED) is 0.677. The van der Waals surface area contributed by atoms with E-state index in [1.54, 1.807) is 24.3 Å². The van der Waals surface area contributed by atoms with Gasteiger partial charge in [-0.1, -0.05) is 30.3 Å². The average molecular weight is 299 g/mol. The van der Waals surface area contributed by atoms with Crippen molar-refractivity contribution in [3.63, 3.8) is 0 Å². The molecule has 2 bridgehead atoms. The molecule has 3 fully saturated rings. The first-order valence-electron chi connectivity index (χ1n) is 7.78. The average Bonchev–Trinajstić information content (AvgIpc) is 2.57. The summed E-state index contributed by atoms with van der Waals surface area (Å²) in [5.74, 6) is 2.17. The molecule has 4 nitrogen and oxygen atoms in total. The molecule has 3 saturated heterocycles. The van der Waals surface area contributed by atoms with Crippen LogP contribution in [0.25, 0.3) is 0 Å². The van der Waals surface area contributed by atoms with Crippen LogP contribution in [0, 0.1) is 18.3 Å². The molecule has 3 aliphatic heterocycles. The van der Waals surface area contributed by atoms with Crippen LogP contribution in [-0.4, -0.2) is 41.7 Å². The lowest BCUT2D eigenvalue weighted by Gasteiger charge is -2.44. The van der Waals surface area contributed by atoms with Crippen LogP contribution in [0.5, 0.6) is 0 Å². The third-order valence-electron chi connectivity index (χ3n) is 4.80. The topological polar surface area (TPSA) is 49.8 Å². The SMILES string of the molecule is C#CCC(O)(C(=O)OC1CN2CCC1CC2)c1ccccc1. The van der Waals surface area contributed by atoms with Crippen molar-refractivity contribution in [2.45, 2.75) is 31.0 Å². The third kappa shape index (κ3) is 2.75. The van der Waals surface area contributed by atoms with E-state index in [-0.39, 0.29) is 12.5 Å². The highest BCUT2D eigenvalue weighted by atomic mass is 16.6. The zero-order valence-corrected chi connectivity index (χ0v) is 12.6. The first-order chi connectivity index (χ1) is 10.6. The molecule has 1 aromatic rings. The highest BCUT2D eigenvalue weighted by Crippen LogP contribution is 2.33. The molecule has 1 N–H and O–H groups in total. The van der Waals surface area contributed by atoms with Crippen molar-refractivity contribution in [2.24, 2.45) is 5.92 Å². The Labute approximate surface area is 131 Å². The Morgan fingerprint density at radius 3 is 2.59 bits per heavy atom. The van der Waals surface area contributed by atoms with Crippen LogP contribution < -0.4 is 0 Å². The van der Waals surface area contributed by atoms with E-state index in [4.69, 9.17) is 11.2 Å². The Balaban J connectivity index is 1.77. The van der Waals surface area contributed by atoms with E-state index in [0.29, 0.717) is 11.5 Å². The van der Waals surface area contributed by atoms with Gasteiger partial charge in [-0.3, -0.25) is 4.90 Å². The molecule has 0 radical (unpaired) electrons. The van der Waals surface area contributed by atoms with Gasteiger partial charge in [0.25, 0.3) is 0 Å². The predicted molar refractivity (Wildman–Crippen MR) is 82.8 cm³/mol. The number of nitrogens with zero attached hydrogens (tertiary/aromatic N) is 1. The molecule has 4 rings (SSSR count). The minimum Gasteiger partial charge on any atom is -0.458 e. The van der Waals surface area contributed by atoms with Crippen molar-refractivity contribution in [1.82, 2.24) is 4.90 Å². The smallest absolute Gasteiger partial charge is 0.344 e. The number of hydrogen-bond acceptors (Lipinski definition) is 4. The molecule has 116 valence electrons. The highest BCUT2D eigenvalue weighted by molar-refractivity contribution is 5.81. The third-order valence-corrected chi connectivity index (χ3v) is 4.80. The van der Waals surface area contributed by atoms with Crippen molar-refractivity contribution in [1.29, 1.82) is 0 Å². The molecule has 2 unspecified atom stereocenters. The van der Waals surface area contributed by atoms with E-state index >= 15 is 0 Å². The zero-order valence-electron chi connectivity index (χ0n) is 12.6. The van der Waals surface area contributed by atoms with Gasteiger partial charge in [-0.2, -0.15) is 0 Å². The summed E-state index contributed by atoms with van der Waals surface area (Å²) in [7, 11) is 0. The summed E-state index contributed by atoms with van der Waals surface area (Å²) in [5, 5.41) is 10.8. The monoisotopic (exact) mass is 299 g/mol. The van der Waals surface area contributed by atoms with Gasteiger partial charge in [-0.15, -0.1) is 12.3 Å². The lowest BCUT2D eigenvalue weighted by Crippen LogP contribution is -2.53. The summed E-state index contributed by atoms with van der Waals surface area (Å²) in [5.41, 5.74) is -1.28. The van der Waals surface area contributed by atoms with Crippen molar-refractivity contribution in [2.75, 3.05) is 19.6 Å². The molecule has 0 amide bonds. The first-order valence-corrected chi connectivity index (χ1v) is 7.78. The maximum atomic E-state index is 12.6. The van der Waals surface area contributed by atoms with Crippen LogP contribution >= 0.6 is 0 Å². The van der Waals surface area contributed by atoms with Gasteiger partial charge in [0.15, 0.2) is 5.60 Å². The van der Waals surface area contributed by atoms with E-state index in [2.05, 4.69) is 10.8 Å². The molecule has 2 atom stereocenters. The van der Waals surface area contributed by atoms with Crippen LogP contribution in [0.1, 0.15) is 24.8 Å². The van der Waals surface area contributed by atoms with Gasteiger partial charge in [-0.25, -0.2) is 4.79 Å². The van der Waals surface area contributed by atoms with Crippen LogP contribution in [-0.2, 0) is 15.1 Å². The minimum absolute atomic E-state index is 0.0864. The van der Waals surface area contributed by atoms with E-state index in [0.717, 1.165) is 32.5 Å². The van der Waals surface area contributed by atoms with Crippen LogP contribution in [0.3, 0.4) is 0 Å². The molecule has 3 aliphatic rings. The number of esters is 1. The van der Waals surface area contributed by atoms with E-state index in [1.807, 2.05) is 6.07 Å². The summed E-state index contributed by atoms with van der Waals surface area (Å²) in [6, 6.07) is 8.79. The Hall–Kier alpha value is -1.83. The Morgan fingerprint density at radius 2 is 2.05 bits per heavy atom. The first kappa shape index (κ1) is 15.1. The lowest BCUT2D eigenvalue weighted by molar-refractivity contribution is -0.181. The molecular weight excluding hydrogens is 278 g/mol. The largest absolute Gasteiger partial charge is 0.458 e. The highest BCUT2D eigenvalue weighted by Gasteiger charge is 2.43. The summed E-state index contributed by atoms with van der Waals surface area (Å²) in [6.07, 6.45) is 7.24. The van der Waals surface area contributed by atoms with E-state index in [9.17, 15) is 9.90 Å². The van der Waals surface area contributed by atoms with E-state index in [1.165, 1.54) is 0 Å². The minimum atomic E-state index is -1.76. The molecule has 3 heterocycles. The second-order valence-corrected chi connectivity index (χ2v) is 6.19. The van der Waals surface area contributed by atoms with Gasteiger partial charge in [-0.05, 0) is 37.4 Å². The molecule has 0 spiro atoms. The van der Waals surface area contributed by atoms with Gasteiger partial charge in [0, 0.05) is 6.54 Å². The van der Waals surface area contributed by atoms with Gasteiger partial charge in [0.2, 0.25) is 0 Å². The fourth-order valence-electron chi connectivity index (χ4n) is 3.43. The van der Waals surface area contributed by atoms with Crippen molar-refractivity contribution in [3.05, 3.63) is 35.9 Å². The van der Waals surface area contributed by atoms with Gasteiger partial charge >= 0.3 is 5.97 Å². The molecule has 0 aromatic heterocycles. The normalized spacial score (nSPS) is 29.4. The predicted octanol–water partition coefficient (Wildman–Crippen LogP) is 1.53. The zero-order chi connectivity index (χ0) is 15.6. The van der Waals surface area contributed by atoms with Gasteiger partial charge in [0.1, 0.15) is 6.10 Å². The second-order valence-electron chi connectivity index (χ2n) is 6.19. The molecule has 0 saturated carbocycles. The Morgan fingerprint density at radius 1 is 1.36 bits per heavy atom. The number of ether oxygens (including phenoxy) is 1. The number of hydrogen-bond donors (Lipinski definition) is 1. The van der Waals surface area contributed by atoms with Crippen molar-refractivity contribution in [3.8, 4) is 12.3 Å². The number of carbonyl (C=O) groups excluding carboxylic acids is 1. The molecule has 0 aliphatic carbocycles. The number of terminal acetylenes is 1. The van der Waals surface area contributed by atoms with Crippen LogP contribution in [0.15, 0.2) is 30.3 Å². The summed E-state index contributed by atoms with van der Waals surface area (Å²) >= 11 is 0. The van der Waals surface area contributed by atoms with Gasteiger partial charge < -0.3 is 9.84 Å². The van der Waals surface area contributed by atoms with Crippen molar-refractivity contribution < 1.29 is 14.6 Å². The van der Waals surface area contributed by atoms with E-state index < -0.39 is 11.6 Å². The standard InChI is InChI=1S/C18H21NO3/c1-2-10-18(21,15-6-4-3-5-7-15)17(20)22-16-13-19-11-8-14(16)9-12-19/h1,3-7,14,16,21H,8-13H2. The van der Waals surface area contributed by atoms with Gasteiger partial charge in [0.05, 0.1) is 6.42 Å². The number of benzene rings is 1. The maximum absolute atomic E-state index is 12.6. The Bertz CT molecular complexity index is 572. The van der Waals surface area contributed by atoms with Crippen molar-refractivity contribution >= 4 is 5.97 Å². The van der Waals surface area contributed by atoms with Crippen LogP contribution in [0.4, 0.5) is 0 Å².